The van der Waals surface area contributed by atoms with Gasteiger partial charge in [0.25, 0.3) is 11.8 Å². The van der Waals surface area contributed by atoms with Gasteiger partial charge in [-0.25, -0.2) is 9.69 Å². The third-order valence-corrected chi connectivity index (χ3v) is 9.55. The van der Waals surface area contributed by atoms with Gasteiger partial charge in [-0.3, -0.25) is 19.9 Å². The maximum Gasteiger partial charge on any atom is 0.336 e. The molecule has 7 nitrogen and oxygen atoms in total. The minimum Gasteiger partial charge on any atom is -0.318 e. The highest BCUT2D eigenvalue weighted by atomic mass is 16.2. The van der Waals surface area contributed by atoms with E-state index >= 15 is 0 Å². The highest BCUT2D eigenvalue weighted by Gasteiger charge is 2.51. The molecule has 7 heteroatoms. The largest absolute Gasteiger partial charge is 0.336 e. The fourth-order valence-electron chi connectivity index (χ4n) is 8.29. The second kappa shape index (κ2) is 8.76. The molecule has 2 aromatic heterocycles. The lowest BCUT2D eigenvalue weighted by atomic mass is 9.48. The first-order chi connectivity index (χ1) is 18.8. The van der Waals surface area contributed by atoms with E-state index in [0.29, 0.717) is 11.1 Å². The topological polar surface area (TPSA) is 84.3 Å². The van der Waals surface area contributed by atoms with Gasteiger partial charge in [-0.05, 0) is 123 Å². The Morgan fingerprint density at radius 2 is 1.59 bits per heavy atom. The normalized spacial score (nSPS) is 28.9. The molecular weight excluding hydrogens is 488 g/mol. The lowest BCUT2D eigenvalue weighted by Crippen LogP contribution is -2.54. The molecule has 198 valence electrons. The summed E-state index contributed by atoms with van der Waals surface area (Å²) in [6, 6.07) is 13.5. The number of aromatic nitrogens is 2. The molecule has 3 heterocycles. The SMILES string of the molecule is Cc1cc(/C=C2\C(=O)NC(=O)N(c3cccnc3)C2=O)c(C)n1-c1ccc(C23CC4CC(CC(C4)C2)C3)cc1. The van der Waals surface area contributed by atoms with E-state index in [4.69, 9.17) is 0 Å². The van der Waals surface area contributed by atoms with Gasteiger partial charge in [-0.1, -0.05) is 12.1 Å². The zero-order valence-electron chi connectivity index (χ0n) is 22.3. The van der Waals surface area contributed by atoms with Crippen molar-refractivity contribution in [3.8, 4) is 5.69 Å². The van der Waals surface area contributed by atoms with Gasteiger partial charge in [0.2, 0.25) is 0 Å². The average Bonchev–Trinajstić information content (AvgIpc) is 3.18. The minimum absolute atomic E-state index is 0.0872. The van der Waals surface area contributed by atoms with E-state index in [1.165, 1.54) is 50.3 Å². The van der Waals surface area contributed by atoms with Gasteiger partial charge < -0.3 is 4.57 Å². The summed E-state index contributed by atoms with van der Waals surface area (Å²) in [5.41, 5.74) is 5.82. The van der Waals surface area contributed by atoms with E-state index in [2.05, 4.69) is 39.1 Å². The van der Waals surface area contributed by atoms with Crippen LogP contribution in [0.2, 0.25) is 0 Å². The first-order valence-electron chi connectivity index (χ1n) is 13.9. The van der Waals surface area contributed by atoms with E-state index < -0.39 is 17.8 Å². The highest BCUT2D eigenvalue weighted by molar-refractivity contribution is 6.39. The number of urea groups is 1. The fourth-order valence-corrected chi connectivity index (χ4v) is 8.29. The highest BCUT2D eigenvalue weighted by Crippen LogP contribution is 2.60. The van der Waals surface area contributed by atoms with Gasteiger partial charge in [-0.15, -0.1) is 0 Å². The van der Waals surface area contributed by atoms with Crippen LogP contribution in [-0.2, 0) is 15.0 Å². The molecule has 5 aliphatic rings. The van der Waals surface area contributed by atoms with Crippen LogP contribution >= 0.6 is 0 Å². The van der Waals surface area contributed by atoms with E-state index in [1.807, 2.05) is 19.9 Å². The molecule has 39 heavy (non-hydrogen) atoms. The predicted octanol–water partition coefficient (Wildman–Crippen LogP) is 5.62. The summed E-state index contributed by atoms with van der Waals surface area (Å²) >= 11 is 0. The second-order valence-corrected chi connectivity index (χ2v) is 12.1. The van der Waals surface area contributed by atoms with Crippen molar-refractivity contribution in [3.05, 3.63) is 82.9 Å². The number of nitrogens with one attached hydrogen (secondary N) is 1. The Morgan fingerprint density at radius 3 is 2.21 bits per heavy atom. The molecule has 8 rings (SSSR count). The molecule has 4 saturated carbocycles. The molecule has 4 bridgehead atoms. The molecule has 0 radical (unpaired) electrons. The van der Waals surface area contributed by atoms with Crippen LogP contribution in [0.4, 0.5) is 10.5 Å². The molecule has 4 amide bonds. The van der Waals surface area contributed by atoms with Crippen molar-refractivity contribution in [1.82, 2.24) is 14.9 Å². The number of benzene rings is 1. The number of hydrogen-bond donors (Lipinski definition) is 1. The van der Waals surface area contributed by atoms with Crippen LogP contribution in [0.5, 0.6) is 0 Å². The van der Waals surface area contributed by atoms with Crippen LogP contribution in [0.25, 0.3) is 11.8 Å². The number of carbonyl (C=O) groups is 3. The van der Waals surface area contributed by atoms with Crippen LogP contribution in [-0.4, -0.2) is 27.4 Å². The molecule has 1 aromatic carbocycles. The fraction of sp³-hybridized carbons (Fsp3) is 0.375. The lowest BCUT2D eigenvalue weighted by molar-refractivity contribution is -0.122. The number of anilines is 1. The van der Waals surface area contributed by atoms with Crippen LogP contribution in [0.15, 0.2) is 60.4 Å². The Kier molecular flexibility index (Phi) is 5.41. The van der Waals surface area contributed by atoms with Gasteiger partial charge in [-0.2, -0.15) is 0 Å². The molecule has 0 atom stereocenters. The van der Waals surface area contributed by atoms with Crippen molar-refractivity contribution in [2.75, 3.05) is 4.90 Å². The number of amides is 4. The van der Waals surface area contributed by atoms with Crippen molar-refractivity contribution >= 4 is 29.6 Å². The molecule has 5 fully saturated rings. The third-order valence-electron chi connectivity index (χ3n) is 9.55. The van der Waals surface area contributed by atoms with E-state index in [9.17, 15) is 14.4 Å². The molecule has 1 saturated heterocycles. The summed E-state index contributed by atoms with van der Waals surface area (Å²) < 4.78 is 2.16. The third kappa shape index (κ3) is 3.86. The van der Waals surface area contributed by atoms with Crippen LogP contribution in [0, 0.1) is 31.6 Å². The molecule has 0 spiro atoms. The zero-order valence-corrected chi connectivity index (χ0v) is 22.3. The summed E-state index contributed by atoms with van der Waals surface area (Å²) in [5, 5.41) is 2.29. The number of barbiturate groups is 1. The van der Waals surface area contributed by atoms with Crippen LogP contribution in [0.1, 0.15) is 61.0 Å². The first kappa shape index (κ1) is 24.1. The van der Waals surface area contributed by atoms with E-state index in [1.54, 1.807) is 24.4 Å². The van der Waals surface area contributed by atoms with Gasteiger partial charge in [0, 0.05) is 23.3 Å². The van der Waals surface area contributed by atoms with Gasteiger partial charge in [0.1, 0.15) is 5.57 Å². The monoisotopic (exact) mass is 520 g/mol. The Labute approximate surface area is 227 Å². The minimum atomic E-state index is -0.778. The summed E-state index contributed by atoms with van der Waals surface area (Å²) in [6.07, 6.45) is 12.9. The van der Waals surface area contributed by atoms with Crippen molar-refractivity contribution in [2.24, 2.45) is 17.8 Å². The van der Waals surface area contributed by atoms with Crippen LogP contribution < -0.4 is 10.2 Å². The average molecular weight is 521 g/mol. The molecule has 3 aromatic rings. The second-order valence-electron chi connectivity index (χ2n) is 12.1. The van der Waals surface area contributed by atoms with Crippen LogP contribution in [0.3, 0.4) is 0 Å². The maximum atomic E-state index is 13.3. The molecule has 0 unspecified atom stereocenters. The number of aryl methyl sites for hydroxylation is 1. The van der Waals surface area contributed by atoms with E-state index in [0.717, 1.165) is 45.3 Å². The molecule has 4 aliphatic carbocycles. The summed E-state index contributed by atoms with van der Waals surface area (Å²) in [5.74, 6) is 1.36. The summed E-state index contributed by atoms with van der Waals surface area (Å²) in [7, 11) is 0. The number of imide groups is 2. The van der Waals surface area contributed by atoms with Gasteiger partial charge in [0.05, 0.1) is 11.9 Å². The first-order valence-corrected chi connectivity index (χ1v) is 13.9. The maximum absolute atomic E-state index is 13.3. The van der Waals surface area contributed by atoms with Crippen molar-refractivity contribution in [2.45, 2.75) is 57.8 Å². The Morgan fingerprint density at radius 1 is 0.923 bits per heavy atom. The van der Waals surface area contributed by atoms with Gasteiger partial charge in [0.15, 0.2) is 0 Å². The molecule has 1 aliphatic heterocycles. The lowest BCUT2D eigenvalue weighted by Gasteiger charge is -2.57. The Balaban J connectivity index is 1.20. The van der Waals surface area contributed by atoms with E-state index in [-0.39, 0.29) is 5.57 Å². The smallest absolute Gasteiger partial charge is 0.318 e. The number of carbonyl (C=O) groups excluding carboxylic acids is 3. The predicted molar refractivity (Wildman–Crippen MR) is 148 cm³/mol. The number of pyridine rings is 1. The standard InChI is InChI=1S/C32H32N4O3/c1-19-10-24(14-28-29(37)34-31(39)36(30(28)38)27-4-3-9-33-18-27)20(2)35(19)26-7-5-25(6-8-26)32-15-21-11-22(16-32)13-23(12-21)17-32/h3-10,14,18,21-23H,11-13,15-17H2,1-2H3,(H,34,37,39)/b28-14+. The quantitative estimate of drug-likeness (QED) is 0.357. The van der Waals surface area contributed by atoms with Gasteiger partial charge >= 0.3 is 6.03 Å². The summed E-state index contributed by atoms with van der Waals surface area (Å²) in [4.78, 5) is 43.4. The van der Waals surface area contributed by atoms with Crippen molar-refractivity contribution < 1.29 is 14.4 Å². The van der Waals surface area contributed by atoms with Crippen molar-refractivity contribution in [3.63, 3.8) is 0 Å². The Bertz CT molecular complexity index is 1500. The number of rotatable bonds is 4. The molecular formula is C32H32N4O3. The summed E-state index contributed by atoms with van der Waals surface area (Å²) in [6.45, 7) is 4.01. The molecule has 1 N–H and O–H groups in total. The zero-order chi connectivity index (χ0) is 26.9. The Hall–Kier alpha value is -4.00. The number of nitrogens with zero attached hydrogens (tertiary/aromatic N) is 3. The van der Waals surface area contributed by atoms with Crippen molar-refractivity contribution in [1.29, 1.82) is 0 Å². The number of hydrogen-bond acceptors (Lipinski definition) is 4.